The molecule has 0 unspecified atom stereocenters. The van der Waals surface area contributed by atoms with Gasteiger partial charge in [0.1, 0.15) is 5.75 Å². The lowest BCUT2D eigenvalue weighted by molar-refractivity contribution is 0.0696. The molecule has 1 aromatic heterocycles. The van der Waals surface area contributed by atoms with Gasteiger partial charge in [0, 0.05) is 6.20 Å². The molecule has 2 aromatic rings. The van der Waals surface area contributed by atoms with Gasteiger partial charge in [-0.25, -0.2) is 4.79 Å². The molecule has 0 aliphatic rings. The molecule has 0 radical (unpaired) electrons. The van der Waals surface area contributed by atoms with Gasteiger partial charge >= 0.3 is 5.97 Å². The fourth-order valence-electron chi connectivity index (χ4n) is 1.53. The molecule has 0 spiro atoms. The van der Waals surface area contributed by atoms with E-state index in [2.05, 4.69) is 4.98 Å². The van der Waals surface area contributed by atoms with Gasteiger partial charge in [-0.15, -0.1) is 0 Å². The predicted molar refractivity (Wildman–Crippen MR) is 73.1 cm³/mol. The summed E-state index contributed by atoms with van der Waals surface area (Å²) in [5.41, 5.74) is 1.91. The van der Waals surface area contributed by atoms with Crippen molar-refractivity contribution in [3.05, 3.63) is 59.4 Å². The molecule has 4 nitrogen and oxygen atoms in total. The highest BCUT2D eigenvalue weighted by atomic mass is 16.5. The van der Waals surface area contributed by atoms with Crippen LogP contribution in [0.3, 0.4) is 0 Å². The number of rotatable bonds is 4. The normalized spacial score (nSPS) is 10.6. The Balaban J connectivity index is 2.10. The van der Waals surface area contributed by atoms with Crippen LogP contribution in [0, 0.1) is 0 Å². The lowest BCUT2D eigenvalue weighted by Crippen LogP contribution is -1.96. The molecule has 96 valence electrons. The smallest absolute Gasteiger partial charge is 0.337 e. The van der Waals surface area contributed by atoms with Crippen molar-refractivity contribution >= 4 is 18.1 Å². The number of benzene rings is 1. The van der Waals surface area contributed by atoms with E-state index in [9.17, 15) is 4.79 Å². The first-order valence-corrected chi connectivity index (χ1v) is 5.70. The number of nitrogens with zero attached hydrogens (tertiary/aromatic N) is 1. The fourth-order valence-corrected chi connectivity index (χ4v) is 1.53. The second kappa shape index (κ2) is 5.82. The number of carbonyl (C=O) groups is 1. The Morgan fingerprint density at radius 3 is 2.42 bits per heavy atom. The summed E-state index contributed by atoms with van der Waals surface area (Å²) < 4.78 is 5.08. The molecule has 1 N–H and O–H groups in total. The maximum atomic E-state index is 10.7. The zero-order chi connectivity index (χ0) is 13.7. The van der Waals surface area contributed by atoms with E-state index in [4.69, 9.17) is 9.84 Å². The summed E-state index contributed by atoms with van der Waals surface area (Å²) in [6.07, 6.45) is 5.08. The van der Waals surface area contributed by atoms with Crippen LogP contribution in [0.4, 0.5) is 0 Å². The molecule has 0 aliphatic heterocycles. The van der Waals surface area contributed by atoms with Crippen LogP contribution < -0.4 is 4.74 Å². The first-order valence-electron chi connectivity index (χ1n) is 5.70. The van der Waals surface area contributed by atoms with E-state index in [0.717, 1.165) is 11.3 Å². The molecule has 0 saturated carbocycles. The van der Waals surface area contributed by atoms with Gasteiger partial charge in [0.05, 0.1) is 18.4 Å². The SMILES string of the molecule is COc1ccc(C=Cc2ccc(C(=O)O)cn2)cc1. The monoisotopic (exact) mass is 255 g/mol. The number of methoxy groups -OCH3 is 1. The molecule has 1 heterocycles. The Morgan fingerprint density at radius 2 is 1.89 bits per heavy atom. The number of hydrogen-bond donors (Lipinski definition) is 1. The predicted octanol–water partition coefficient (Wildman–Crippen LogP) is 2.96. The van der Waals surface area contributed by atoms with Crippen LogP contribution in [0.25, 0.3) is 12.2 Å². The number of ether oxygens (including phenoxy) is 1. The summed E-state index contributed by atoms with van der Waals surface area (Å²) in [4.78, 5) is 14.7. The molecule has 19 heavy (non-hydrogen) atoms. The van der Waals surface area contributed by atoms with Crippen LogP contribution in [0.1, 0.15) is 21.6 Å². The number of carboxylic acids is 1. The lowest BCUT2D eigenvalue weighted by atomic mass is 10.2. The second-order valence-electron chi connectivity index (χ2n) is 3.88. The van der Waals surface area contributed by atoms with Crippen molar-refractivity contribution in [1.29, 1.82) is 0 Å². The minimum absolute atomic E-state index is 0.182. The van der Waals surface area contributed by atoms with Crippen molar-refractivity contribution in [1.82, 2.24) is 4.98 Å². The molecule has 0 aliphatic carbocycles. The Kier molecular flexibility index (Phi) is 3.93. The highest BCUT2D eigenvalue weighted by Crippen LogP contribution is 2.13. The van der Waals surface area contributed by atoms with Gasteiger partial charge < -0.3 is 9.84 Å². The highest BCUT2D eigenvalue weighted by Gasteiger charge is 2.01. The van der Waals surface area contributed by atoms with E-state index < -0.39 is 5.97 Å². The molecule has 0 bridgehead atoms. The quantitative estimate of drug-likeness (QED) is 0.912. The van der Waals surface area contributed by atoms with Gasteiger partial charge in [0.15, 0.2) is 0 Å². The minimum Gasteiger partial charge on any atom is -0.497 e. The largest absolute Gasteiger partial charge is 0.497 e. The molecule has 0 fully saturated rings. The summed E-state index contributed by atoms with van der Waals surface area (Å²) in [6.45, 7) is 0. The maximum Gasteiger partial charge on any atom is 0.337 e. The number of aromatic carboxylic acids is 1. The number of pyridine rings is 1. The molecular weight excluding hydrogens is 242 g/mol. The van der Waals surface area contributed by atoms with Gasteiger partial charge in [0.25, 0.3) is 0 Å². The topological polar surface area (TPSA) is 59.4 Å². The van der Waals surface area contributed by atoms with Crippen LogP contribution in [0.5, 0.6) is 5.75 Å². The van der Waals surface area contributed by atoms with Crippen LogP contribution in [-0.2, 0) is 0 Å². The van der Waals surface area contributed by atoms with Crippen molar-refractivity contribution in [2.75, 3.05) is 7.11 Å². The molecule has 4 heteroatoms. The third-order valence-electron chi connectivity index (χ3n) is 2.60. The summed E-state index contributed by atoms with van der Waals surface area (Å²) in [5.74, 6) is -0.167. The van der Waals surface area contributed by atoms with E-state index in [1.807, 2.05) is 36.4 Å². The molecule has 0 saturated heterocycles. The number of aromatic nitrogens is 1. The van der Waals surface area contributed by atoms with Gasteiger partial charge in [-0.05, 0) is 35.9 Å². The first kappa shape index (κ1) is 12.8. The van der Waals surface area contributed by atoms with E-state index in [-0.39, 0.29) is 5.56 Å². The Labute approximate surface area is 111 Å². The van der Waals surface area contributed by atoms with Crippen molar-refractivity contribution < 1.29 is 14.6 Å². The molecule has 0 atom stereocenters. The summed E-state index contributed by atoms with van der Waals surface area (Å²) in [7, 11) is 1.62. The highest BCUT2D eigenvalue weighted by molar-refractivity contribution is 5.87. The Morgan fingerprint density at radius 1 is 1.16 bits per heavy atom. The molecular formula is C15H13NO3. The summed E-state index contributed by atoms with van der Waals surface area (Å²) in [6, 6.07) is 10.8. The van der Waals surface area contributed by atoms with E-state index in [1.54, 1.807) is 13.2 Å². The number of hydrogen-bond acceptors (Lipinski definition) is 3. The lowest BCUT2D eigenvalue weighted by Gasteiger charge is -1.99. The van der Waals surface area contributed by atoms with E-state index in [0.29, 0.717) is 5.69 Å². The molecule has 0 amide bonds. The fraction of sp³-hybridized carbons (Fsp3) is 0.0667. The van der Waals surface area contributed by atoms with Gasteiger partial charge in [-0.3, -0.25) is 4.98 Å². The second-order valence-corrected chi connectivity index (χ2v) is 3.88. The standard InChI is InChI=1S/C15H13NO3/c1-19-14-8-3-11(4-9-14)2-6-13-7-5-12(10-16-13)15(17)18/h2-10H,1H3,(H,17,18). The van der Waals surface area contributed by atoms with Crippen molar-refractivity contribution in [2.45, 2.75) is 0 Å². The van der Waals surface area contributed by atoms with Crippen LogP contribution in [0.2, 0.25) is 0 Å². The van der Waals surface area contributed by atoms with Crippen LogP contribution in [0.15, 0.2) is 42.6 Å². The summed E-state index contributed by atoms with van der Waals surface area (Å²) in [5, 5.41) is 8.76. The zero-order valence-corrected chi connectivity index (χ0v) is 10.4. The number of carboxylic acid groups (broad SMARTS) is 1. The van der Waals surface area contributed by atoms with Gasteiger partial charge in [0.2, 0.25) is 0 Å². The van der Waals surface area contributed by atoms with Crippen LogP contribution in [-0.4, -0.2) is 23.2 Å². The Hall–Kier alpha value is -2.62. The van der Waals surface area contributed by atoms with Crippen molar-refractivity contribution in [3.63, 3.8) is 0 Å². The average Bonchev–Trinajstić information content (AvgIpc) is 2.46. The van der Waals surface area contributed by atoms with Crippen molar-refractivity contribution in [3.8, 4) is 5.75 Å². The van der Waals surface area contributed by atoms with Crippen molar-refractivity contribution in [2.24, 2.45) is 0 Å². The summed E-state index contributed by atoms with van der Waals surface area (Å²) >= 11 is 0. The van der Waals surface area contributed by atoms with E-state index in [1.165, 1.54) is 12.3 Å². The third-order valence-corrected chi connectivity index (χ3v) is 2.60. The molecule has 1 aromatic carbocycles. The maximum absolute atomic E-state index is 10.7. The van der Waals surface area contributed by atoms with Gasteiger partial charge in [-0.2, -0.15) is 0 Å². The molecule has 2 rings (SSSR count). The third kappa shape index (κ3) is 3.42. The average molecular weight is 255 g/mol. The minimum atomic E-state index is -0.974. The van der Waals surface area contributed by atoms with Gasteiger partial charge in [-0.1, -0.05) is 18.2 Å². The zero-order valence-electron chi connectivity index (χ0n) is 10.4. The van der Waals surface area contributed by atoms with Crippen LogP contribution >= 0.6 is 0 Å². The first-order chi connectivity index (χ1) is 9.19. The Bertz CT molecular complexity index is 586. The van der Waals surface area contributed by atoms with E-state index >= 15 is 0 Å².